The first kappa shape index (κ1) is 18.9. The van der Waals surface area contributed by atoms with Crippen molar-refractivity contribution >= 4 is 34.5 Å². The van der Waals surface area contributed by atoms with Gasteiger partial charge in [-0.2, -0.15) is 0 Å². The zero-order chi connectivity index (χ0) is 19.7. The first-order valence-corrected chi connectivity index (χ1v) is 10.2. The van der Waals surface area contributed by atoms with Crippen molar-refractivity contribution in [3.8, 4) is 10.6 Å². The summed E-state index contributed by atoms with van der Waals surface area (Å²) >= 11 is 7.66. The van der Waals surface area contributed by atoms with Crippen LogP contribution in [-0.4, -0.2) is 42.0 Å². The molecule has 3 aromatic rings. The van der Waals surface area contributed by atoms with Crippen molar-refractivity contribution in [3.05, 3.63) is 69.9 Å². The maximum Gasteiger partial charge on any atom is 0.265 e. The van der Waals surface area contributed by atoms with Crippen LogP contribution in [0.2, 0.25) is 5.02 Å². The van der Waals surface area contributed by atoms with Crippen LogP contribution in [0.25, 0.3) is 10.6 Å². The highest BCUT2D eigenvalue weighted by molar-refractivity contribution is 7.17. The number of anilines is 1. The molecule has 0 N–H and O–H groups in total. The highest BCUT2D eigenvalue weighted by Crippen LogP contribution is 2.33. The Hall–Kier alpha value is -2.44. The molecule has 1 aliphatic rings. The molecule has 0 spiro atoms. The summed E-state index contributed by atoms with van der Waals surface area (Å²) in [5, 5.41) is 1.39. The third-order valence-corrected chi connectivity index (χ3v) is 6.36. The Labute approximate surface area is 172 Å². The van der Waals surface area contributed by atoms with Gasteiger partial charge in [-0.05, 0) is 37.3 Å². The van der Waals surface area contributed by atoms with Crippen molar-refractivity contribution in [2.75, 3.05) is 31.1 Å². The van der Waals surface area contributed by atoms with Crippen LogP contribution in [0, 0.1) is 12.7 Å². The van der Waals surface area contributed by atoms with Gasteiger partial charge in [0.2, 0.25) is 0 Å². The molecule has 0 saturated carbocycles. The molecule has 2 heterocycles. The molecular weight excluding hydrogens is 397 g/mol. The average molecular weight is 416 g/mol. The van der Waals surface area contributed by atoms with Gasteiger partial charge in [-0.25, -0.2) is 9.37 Å². The second kappa shape index (κ2) is 7.89. The summed E-state index contributed by atoms with van der Waals surface area (Å²) in [5.41, 5.74) is 2.55. The number of amides is 1. The number of thiazole rings is 1. The lowest BCUT2D eigenvalue weighted by Gasteiger charge is -2.36. The Morgan fingerprint density at radius 1 is 1.07 bits per heavy atom. The number of piperazine rings is 1. The molecule has 0 radical (unpaired) electrons. The minimum Gasteiger partial charge on any atom is -0.368 e. The average Bonchev–Trinajstić information content (AvgIpc) is 3.10. The number of halogens is 2. The van der Waals surface area contributed by atoms with E-state index in [1.165, 1.54) is 23.5 Å². The molecule has 144 valence electrons. The third-order valence-electron chi connectivity index (χ3n) is 4.85. The number of aryl methyl sites for hydroxylation is 1. The van der Waals surface area contributed by atoms with Gasteiger partial charge in [-0.3, -0.25) is 4.79 Å². The van der Waals surface area contributed by atoms with E-state index in [2.05, 4.69) is 9.88 Å². The molecule has 1 amide bonds. The largest absolute Gasteiger partial charge is 0.368 e. The Bertz CT molecular complexity index is 997. The lowest BCUT2D eigenvalue weighted by atomic mass is 10.2. The van der Waals surface area contributed by atoms with Gasteiger partial charge in [-0.1, -0.05) is 29.8 Å². The zero-order valence-corrected chi connectivity index (χ0v) is 16.9. The van der Waals surface area contributed by atoms with Crippen molar-refractivity contribution in [2.45, 2.75) is 6.92 Å². The number of nitrogens with zero attached hydrogens (tertiary/aromatic N) is 3. The predicted octanol–water partition coefficient (Wildman–Crippen LogP) is 4.87. The molecule has 4 rings (SSSR count). The Kier molecular flexibility index (Phi) is 5.33. The second-order valence-corrected chi connectivity index (χ2v) is 8.08. The fourth-order valence-electron chi connectivity index (χ4n) is 3.31. The molecule has 0 atom stereocenters. The maximum absolute atomic E-state index is 13.1. The van der Waals surface area contributed by atoms with Gasteiger partial charge in [0.05, 0.1) is 10.7 Å². The quantitative estimate of drug-likeness (QED) is 0.612. The first-order chi connectivity index (χ1) is 13.5. The molecule has 1 aliphatic heterocycles. The summed E-state index contributed by atoms with van der Waals surface area (Å²) in [6.45, 7) is 4.53. The fourth-order valence-corrected chi connectivity index (χ4v) is 4.66. The minimum atomic E-state index is -0.243. The van der Waals surface area contributed by atoms with Crippen LogP contribution < -0.4 is 4.90 Å². The number of benzene rings is 2. The summed E-state index contributed by atoms with van der Waals surface area (Å²) < 4.78 is 13.1. The molecule has 2 aromatic carbocycles. The lowest BCUT2D eigenvalue weighted by molar-refractivity contribution is 0.0750. The van der Waals surface area contributed by atoms with Gasteiger partial charge in [0.15, 0.2) is 0 Å². The number of carbonyl (C=O) groups excluding carboxylic acids is 1. The number of aromatic nitrogens is 1. The van der Waals surface area contributed by atoms with Crippen LogP contribution in [0.3, 0.4) is 0 Å². The molecule has 4 nitrogen and oxygen atoms in total. The van der Waals surface area contributed by atoms with Crippen molar-refractivity contribution in [3.63, 3.8) is 0 Å². The summed E-state index contributed by atoms with van der Waals surface area (Å²) in [6.07, 6.45) is 0. The molecule has 1 aromatic heterocycles. The van der Waals surface area contributed by atoms with Gasteiger partial charge in [-0.15, -0.1) is 11.3 Å². The number of carbonyl (C=O) groups is 1. The highest BCUT2D eigenvalue weighted by Gasteiger charge is 2.26. The Morgan fingerprint density at radius 2 is 1.75 bits per heavy atom. The molecule has 28 heavy (non-hydrogen) atoms. The van der Waals surface area contributed by atoms with E-state index < -0.39 is 0 Å². The van der Waals surface area contributed by atoms with Crippen LogP contribution in [0.5, 0.6) is 0 Å². The molecular formula is C21H19ClFN3OS. The van der Waals surface area contributed by atoms with Gasteiger partial charge in [0.1, 0.15) is 15.7 Å². The molecule has 7 heteroatoms. The van der Waals surface area contributed by atoms with Crippen molar-refractivity contribution in [2.24, 2.45) is 0 Å². The number of hydrogen-bond donors (Lipinski definition) is 0. The Balaban J connectivity index is 1.47. The minimum absolute atomic E-state index is 0.00654. The van der Waals surface area contributed by atoms with E-state index in [-0.39, 0.29) is 11.7 Å². The van der Waals surface area contributed by atoms with Gasteiger partial charge < -0.3 is 9.80 Å². The monoisotopic (exact) mass is 415 g/mol. The van der Waals surface area contributed by atoms with E-state index in [0.29, 0.717) is 36.1 Å². The molecule has 0 bridgehead atoms. The molecule has 0 aliphatic carbocycles. The topological polar surface area (TPSA) is 36.4 Å². The van der Waals surface area contributed by atoms with E-state index >= 15 is 0 Å². The third kappa shape index (κ3) is 3.75. The van der Waals surface area contributed by atoms with Crippen LogP contribution in [0.4, 0.5) is 10.1 Å². The van der Waals surface area contributed by atoms with Crippen molar-refractivity contribution in [1.29, 1.82) is 0 Å². The van der Waals surface area contributed by atoms with Gasteiger partial charge in [0.25, 0.3) is 5.91 Å². The predicted molar refractivity (Wildman–Crippen MR) is 112 cm³/mol. The van der Waals surface area contributed by atoms with Gasteiger partial charge >= 0.3 is 0 Å². The maximum atomic E-state index is 13.1. The number of hydrogen-bond acceptors (Lipinski definition) is 4. The molecule has 1 saturated heterocycles. The second-order valence-electron chi connectivity index (χ2n) is 6.67. The van der Waals surface area contributed by atoms with E-state index in [0.717, 1.165) is 22.0 Å². The van der Waals surface area contributed by atoms with Crippen LogP contribution in [0.1, 0.15) is 15.4 Å². The van der Waals surface area contributed by atoms with Crippen molar-refractivity contribution in [1.82, 2.24) is 9.88 Å². The summed E-state index contributed by atoms with van der Waals surface area (Å²) in [6, 6.07) is 14.0. The highest BCUT2D eigenvalue weighted by atomic mass is 35.5. The molecule has 1 fully saturated rings. The first-order valence-electron chi connectivity index (χ1n) is 9.05. The zero-order valence-electron chi connectivity index (χ0n) is 15.4. The summed E-state index contributed by atoms with van der Waals surface area (Å²) in [5.74, 6) is -0.236. The standard InChI is InChI=1S/C21H19ClFN3OS/c1-14-19(28-20(24-14)17-4-2-3-5-18(17)22)21(27)26-12-10-25(11-13-26)16-8-6-15(23)7-9-16/h2-9H,10-13H2,1H3. The lowest BCUT2D eigenvalue weighted by Crippen LogP contribution is -2.48. The van der Waals surface area contributed by atoms with E-state index in [1.54, 1.807) is 12.1 Å². The van der Waals surface area contributed by atoms with Crippen LogP contribution in [-0.2, 0) is 0 Å². The Morgan fingerprint density at radius 3 is 2.43 bits per heavy atom. The van der Waals surface area contributed by atoms with E-state index in [1.807, 2.05) is 36.1 Å². The summed E-state index contributed by atoms with van der Waals surface area (Å²) in [7, 11) is 0. The van der Waals surface area contributed by atoms with Crippen LogP contribution >= 0.6 is 22.9 Å². The molecule has 0 unspecified atom stereocenters. The normalized spacial score (nSPS) is 14.4. The fraction of sp³-hybridized carbons (Fsp3) is 0.238. The smallest absolute Gasteiger partial charge is 0.265 e. The van der Waals surface area contributed by atoms with Gasteiger partial charge in [0, 0.05) is 37.4 Å². The van der Waals surface area contributed by atoms with E-state index in [4.69, 9.17) is 11.6 Å². The van der Waals surface area contributed by atoms with Crippen molar-refractivity contribution < 1.29 is 9.18 Å². The van der Waals surface area contributed by atoms with E-state index in [9.17, 15) is 9.18 Å². The summed E-state index contributed by atoms with van der Waals surface area (Å²) in [4.78, 5) is 22.3. The number of rotatable bonds is 3. The SMILES string of the molecule is Cc1nc(-c2ccccc2Cl)sc1C(=O)N1CCN(c2ccc(F)cc2)CC1. The van der Waals surface area contributed by atoms with Crippen LogP contribution in [0.15, 0.2) is 48.5 Å².